The number of alkyl halides is 1. The third-order valence-electron chi connectivity index (χ3n) is 3.12. The molecule has 0 N–H and O–H groups in total. The van der Waals surface area contributed by atoms with Crippen molar-refractivity contribution in [1.29, 1.82) is 5.26 Å². The fourth-order valence-corrected chi connectivity index (χ4v) is 2.77. The number of nitriles is 1. The molecule has 1 aromatic carbocycles. The molecule has 2 heterocycles. The Labute approximate surface area is 135 Å². The normalized spacial score (nSPS) is 10.7. The Morgan fingerprint density at radius 3 is 2.95 bits per heavy atom. The highest BCUT2D eigenvalue weighted by atomic mass is 79.9. The van der Waals surface area contributed by atoms with Crippen LogP contribution < -0.4 is 0 Å². The van der Waals surface area contributed by atoms with Crippen molar-refractivity contribution in [2.24, 2.45) is 0 Å². The van der Waals surface area contributed by atoms with Crippen molar-refractivity contribution in [3.63, 3.8) is 0 Å². The fraction of sp³-hybridized carbons (Fsp3) is 0.133. The van der Waals surface area contributed by atoms with E-state index < -0.39 is 0 Å². The molecule has 0 saturated heterocycles. The molecule has 3 rings (SSSR count). The van der Waals surface area contributed by atoms with Gasteiger partial charge in [-0.25, -0.2) is 9.97 Å². The first-order valence-corrected chi connectivity index (χ1v) is 7.65. The fourth-order valence-electron chi connectivity index (χ4n) is 2.25. The van der Waals surface area contributed by atoms with Crippen molar-refractivity contribution < 1.29 is 0 Å². The monoisotopic (exact) mass is 360 g/mol. The summed E-state index contributed by atoms with van der Waals surface area (Å²) >= 11 is 9.33. The molecular weight excluding hydrogens is 352 g/mol. The number of imidazole rings is 1. The highest BCUT2D eigenvalue weighted by molar-refractivity contribution is 9.10. The van der Waals surface area contributed by atoms with E-state index in [9.17, 15) is 5.26 Å². The van der Waals surface area contributed by atoms with Crippen LogP contribution in [0.2, 0.25) is 0 Å². The molecule has 0 saturated carbocycles. The summed E-state index contributed by atoms with van der Waals surface area (Å²) in [4.78, 5) is 8.97. The molecule has 0 aliphatic carbocycles. The van der Waals surface area contributed by atoms with Gasteiger partial charge in [0.15, 0.2) is 5.65 Å². The number of fused-ring (bicyclic) bond motifs is 1. The van der Waals surface area contributed by atoms with E-state index in [2.05, 4.69) is 32.0 Å². The molecule has 0 radical (unpaired) electrons. The summed E-state index contributed by atoms with van der Waals surface area (Å²) in [7, 11) is 0. The van der Waals surface area contributed by atoms with Crippen LogP contribution in [0.15, 0.2) is 41.0 Å². The summed E-state index contributed by atoms with van der Waals surface area (Å²) in [6.45, 7) is 0. The second-order valence-electron chi connectivity index (χ2n) is 4.42. The number of halogens is 2. The van der Waals surface area contributed by atoms with Crippen molar-refractivity contribution in [2.75, 3.05) is 5.88 Å². The summed E-state index contributed by atoms with van der Waals surface area (Å²) in [6.07, 6.45) is 2.32. The number of benzene rings is 1. The minimum atomic E-state index is 0.458. The SMILES string of the molecule is N#Cc1ccc(Br)cc1-n1c(CCCl)nc2cccnc21. The van der Waals surface area contributed by atoms with Crippen LogP contribution in [0.4, 0.5) is 0 Å². The molecule has 6 heteroatoms. The van der Waals surface area contributed by atoms with Gasteiger partial charge in [-0.2, -0.15) is 5.26 Å². The number of pyridine rings is 1. The summed E-state index contributed by atoms with van der Waals surface area (Å²) in [5, 5.41) is 9.36. The van der Waals surface area contributed by atoms with Gasteiger partial charge in [-0.15, -0.1) is 11.6 Å². The predicted molar refractivity (Wildman–Crippen MR) is 85.7 cm³/mol. The molecular formula is C15H10BrClN4. The van der Waals surface area contributed by atoms with Gasteiger partial charge in [0, 0.05) is 23.0 Å². The first-order valence-electron chi connectivity index (χ1n) is 6.33. The Bertz CT molecular complexity index is 850. The molecule has 3 aromatic rings. The molecule has 0 fully saturated rings. The highest BCUT2D eigenvalue weighted by Crippen LogP contribution is 2.25. The van der Waals surface area contributed by atoms with Gasteiger partial charge >= 0.3 is 0 Å². The van der Waals surface area contributed by atoms with Crippen LogP contribution in [0.3, 0.4) is 0 Å². The van der Waals surface area contributed by atoms with Gasteiger partial charge < -0.3 is 0 Å². The van der Waals surface area contributed by atoms with E-state index in [0.29, 0.717) is 17.9 Å². The zero-order valence-electron chi connectivity index (χ0n) is 10.9. The Balaban J connectivity index is 2.36. The zero-order chi connectivity index (χ0) is 14.8. The third kappa shape index (κ3) is 2.53. The second kappa shape index (κ2) is 5.84. The van der Waals surface area contributed by atoms with E-state index in [1.54, 1.807) is 12.3 Å². The zero-order valence-corrected chi connectivity index (χ0v) is 13.3. The first-order chi connectivity index (χ1) is 10.2. The summed E-state index contributed by atoms with van der Waals surface area (Å²) in [5.74, 6) is 1.26. The van der Waals surface area contributed by atoms with Crippen LogP contribution in [0.25, 0.3) is 16.9 Å². The highest BCUT2D eigenvalue weighted by Gasteiger charge is 2.16. The Morgan fingerprint density at radius 2 is 2.19 bits per heavy atom. The van der Waals surface area contributed by atoms with Crippen molar-refractivity contribution >= 4 is 38.7 Å². The number of hydrogen-bond acceptors (Lipinski definition) is 3. The Kier molecular flexibility index (Phi) is 3.91. The standard InChI is InChI=1S/C15H10BrClN4/c16-11-4-3-10(9-18)13(8-11)21-14(5-6-17)20-12-2-1-7-19-15(12)21/h1-4,7-8H,5-6H2. The lowest BCUT2D eigenvalue weighted by molar-refractivity contribution is 0.902. The molecule has 0 atom stereocenters. The second-order valence-corrected chi connectivity index (χ2v) is 5.72. The number of rotatable bonds is 3. The lowest BCUT2D eigenvalue weighted by Crippen LogP contribution is -2.05. The molecule has 0 bridgehead atoms. The van der Waals surface area contributed by atoms with Crippen LogP contribution in [0.1, 0.15) is 11.4 Å². The van der Waals surface area contributed by atoms with Crippen LogP contribution in [-0.2, 0) is 6.42 Å². The minimum Gasteiger partial charge on any atom is -0.279 e. The van der Waals surface area contributed by atoms with Crippen LogP contribution in [0.5, 0.6) is 0 Å². The van der Waals surface area contributed by atoms with E-state index in [-0.39, 0.29) is 0 Å². The number of aromatic nitrogens is 3. The van der Waals surface area contributed by atoms with Gasteiger partial charge in [-0.3, -0.25) is 4.57 Å². The molecule has 0 spiro atoms. The molecule has 4 nitrogen and oxygen atoms in total. The average Bonchev–Trinajstić information content (AvgIpc) is 2.85. The number of aryl methyl sites for hydroxylation is 1. The molecule has 104 valence electrons. The van der Waals surface area contributed by atoms with Crippen molar-refractivity contribution in [3.05, 3.63) is 52.4 Å². The van der Waals surface area contributed by atoms with E-state index in [0.717, 1.165) is 27.1 Å². The first kappa shape index (κ1) is 14.1. The maximum atomic E-state index is 9.36. The van der Waals surface area contributed by atoms with Gasteiger partial charge in [-0.1, -0.05) is 15.9 Å². The van der Waals surface area contributed by atoms with Crippen molar-refractivity contribution in [1.82, 2.24) is 14.5 Å². The molecule has 0 aliphatic rings. The largest absolute Gasteiger partial charge is 0.279 e. The molecule has 0 amide bonds. The Hall–Kier alpha value is -1.90. The smallest absolute Gasteiger partial charge is 0.164 e. The third-order valence-corrected chi connectivity index (χ3v) is 3.81. The topological polar surface area (TPSA) is 54.5 Å². The number of nitrogens with zero attached hydrogens (tertiary/aromatic N) is 4. The maximum Gasteiger partial charge on any atom is 0.164 e. The van der Waals surface area contributed by atoms with Crippen LogP contribution in [0, 0.1) is 11.3 Å². The van der Waals surface area contributed by atoms with E-state index in [1.807, 2.05) is 28.8 Å². The predicted octanol–water partition coefficient (Wildman–Crippen LogP) is 3.84. The van der Waals surface area contributed by atoms with Crippen LogP contribution in [-0.4, -0.2) is 20.4 Å². The summed E-state index contributed by atoms with van der Waals surface area (Å²) < 4.78 is 2.80. The Morgan fingerprint density at radius 1 is 1.33 bits per heavy atom. The number of hydrogen-bond donors (Lipinski definition) is 0. The quantitative estimate of drug-likeness (QED) is 0.666. The maximum absolute atomic E-state index is 9.36. The lowest BCUT2D eigenvalue weighted by atomic mass is 10.2. The lowest BCUT2D eigenvalue weighted by Gasteiger charge is -2.10. The van der Waals surface area contributed by atoms with E-state index >= 15 is 0 Å². The average molecular weight is 362 g/mol. The van der Waals surface area contributed by atoms with Gasteiger partial charge in [0.25, 0.3) is 0 Å². The molecule has 0 aliphatic heterocycles. The van der Waals surface area contributed by atoms with E-state index in [1.165, 1.54) is 0 Å². The summed E-state index contributed by atoms with van der Waals surface area (Å²) in [5.41, 5.74) is 2.85. The van der Waals surface area contributed by atoms with Gasteiger partial charge in [0.05, 0.1) is 11.3 Å². The molecule has 2 aromatic heterocycles. The van der Waals surface area contributed by atoms with Gasteiger partial charge in [0.2, 0.25) is 0 Å². The van der Waals surface area contributed by atoms with Gasteiger partial charge in [0.1, 0.15) is 17.4 Å². The van der Waals surface area contributed by atoms with Crippen LogP contribution >= 0.6 is 27.5 Å². The summed E-state index contributed by atoms with van der Waals surface area (Å²) in [6, 6.07) is 11.5. The van der Waals surface area contributed by atoms with Crippen molar-refractivity contribution in [3.8, 4) is 11.8 Å². The minimum absolute atomic E-state index is 0.458. The molecule has 21 heavy (non-hydrogen) atoms. The van der Waals surface area contributed by atoms with Crippen molar-refractivity contribution in [2.45, 2.75) is 6.42 Å². The van der Waals surface area contributed by atoms with Gasteiger partial charge in [-0.05, 0) is 30.3 Å². The molecule has 0 unspecified atom stereocenters. The van der Waals surface area contributed by atoms with E-state index in [4.69, 9.17) is 11.6 Å².